The van der Waals surface area contributed by atoms with Crippen LogP contribution in [0.4, 0.5) is 0 Å². The van der Waals surface area contributed by atoms with Gasteiger partial charge in [0.05, 0.1) is 13.2 Å². The van der Waals surface area contributed by atoms with E-state index in [1.165, 1.54) is 0 Å². The first kappa shape index (κ1) is 19.5. The molecule has 1 amide bonds. The van der Waals surface area contributed by atoms with Crippen molar-refractivity contribution in [2.24, 2.45) is 0 Å². The number of likely N-dealkylation sites (N-methyl/N-ethyl adjacent to an activating group) is 1. The molecule has 1 N–H and O–H groups in total. The number of amides is 1. The normalized spacial score (nSPS) is 9.95. The van der Waals surface area contributed by atoms with Crippen LogP contribution in [0.1, 0.15) is 24.2 Å². The van der Waals surface area contributed by atoms with E-state index >= 15 is 0 Å². The topological polar surface area (TPSA) is 50.8 Å². The van der Waals surface area contributed by atoms with Crippen molar-refractivity contribution in [1.82, 2.24) is 10.2 Å². The van der Waals surface area contributed by atoms with E-state index in [2.05, 4.69) is 5.32 Å². The Bertz CT molecular complexity index is 439. The number of nitrogens with one attached hydrogen (secondary N) is 1. The summed E-state index contributed by atoms with van der Waals surface area (Å²) in [7, 11) is 3.94. The number of carbonyl (C=O) groups excluding carboxylic acids is 1. The van der Waals surface area contributed by atoms with Crippen molar-refractivity contribution in [3.8, 4) is 11.5 Å². The summed E-state index contributed by atoms with van der Waals surface area (Å²) in [6, 6.07) is 5.24. The van der Waals surface area contributed by atoms with Crippen LogP contribution in [0.15, 0.2) is 18.2 Å². The van der Waals surface area contributed by atoms with Crippen molar-refractivity contribution in [3.05, 3.63) is 23.8 Å². The van der Waals surface area contributed by atoms with Crippen LogP contribution >= 0.6 is 12.4 Å². The Kier molecular flexibility index (Phi) is 9.58. The summed E-state index contributed by atoms with van der Waals surface area (Å²) < 4.78 is 11.0. The standard InChI is InChI=1S/C15H24N2O3.ClH/c1-5-19-13-8-7-12(11-14(13)20-6-2)15(18)16-9-10-17(3)4;/h7-8,11H,5-6,9-10H2,1-4H3,(H,16,18);1H. The Labute approximate surface area is 133 Å². The molecule has 1 aromatic rings. The second kappa shape index (κ2) is 10.3. The highest BCUT2D eigenvalue weighted by atomic mass is 35.5. The summed E-state index contributed by atoms with van der Waals surface area (Å²) in [6.07, 6.45) is 0. The van der Waals surface area contributed by atoms with Crippen LogP contribution in [0.5, 0.6) is 11.5 Å². The first-order valence-electron chi connectivity index (χ1n) is 6.91. The predicted molar refractivity (Wildman–Crippen MR) is 86.9 cm³/mol. The smallest absolute Gasteiger partial charge is 0.251 e. The summed E-state index contributed by atoms with van der Waals surface area (Å²) in [5.41, 5.74) is 0.579. The van der Waals surface area contributed by atoms with E-state index in [0.717, 1.165) is 6.54 Å². The quantitative estimate of drug-likeness (QED) is 0.799. The van der Waals surface area contributed by atoms with E-state index in [9.17, 15) is 4.79 Å². The third-order valence-electron chi connectivity index (χ3n) is 2.65. The van der Waals surface area contributed by atoms with Gasteiger partial charge in [0, 0.05) is 18.7 Å². The Morgan fingerprint density at radius 1 is 1.14 bits per heavy atom. The lowest BCUT2D eigenvalue weighted by Crippen LogP contribution is -2.31. The molecule has 0 saturated heterocycles. The van der Waals surface area contributed by atoms with Crippen LogP contribution in [-0.2, 0) is 0 Å². The Morgan fingerprint density at radius 3 is 2.33 bits per heavy atom. The Morgan fingerprint density at radius 2 is 1.76 bits per heavy atom. The molecule has 0 unspecified atom stereocenters. The number of carbonyl (C=O) groups is 1. The van der Waals surface area contributed by atoms with Crippen LogP contribution < -0.4 is 14.8 Å². The van der Waals surface area contributed by atoms with E-state index in [4.69, 9.17) is 9.47 Å². The zero-order valence-electron chi connectivity index (χ0n) is 13.1. The molecular weight excluding hydrogens is 292 g/mol. The molecule has 0 fully saturated rings. The highest BCUT2D eigenvalue weighted by Gasteiger charge is 2.11. The van der Waals surface area contributed by atoms with Gasteiger partial charge in [0.1, 0.15) is 0 Å². The molecule has 21 heavy (non-hydrogen) atoms. The van der Waals surface area contributed by atoms with Gasteiger partial charge in [0.15, 0.2) is 11.5 Å². The van der Waals surface area contributed by atoms with Crippen molar-refractivity contribution in [1.29, 1.82) is 0 Å². The summed E-state index contributed by atoms with van der Waals surface area (Å²) in [5.74, 6) is 1.17. The molecule has 0 aliphatic heterocycles. The maximum Gasteiger partial charge on any atom is 0.251 e. The second-order valence-electron chi connectivity index (χ2n) is 4.59. The molecule has 0 spiro atoms. The van der Waals surface area contributed by atoms with Crippen LogP contribution in [0.2, 0.25) is 0 Å². The number of halogens is 1. The molecule has 0 aliphatic carbocycles. The molecule has 0 saturated carbocycles. The van der Waals surface area contributed by atoms with Gasteiger partial charge in [0.2, 0.25) is 0 Å². The summed E-state index contributed by atoms with van der Waals surface area (Å²) in [6.45, 7) is 6.33. The molecule has 0 heterocycles. The van der Waals surface area contributed by atoms with Crippen molar-refractivity contribution >= 4 is 18.3 Å². The molecule has 0 atom stereocenters. The molecule has 1 aromatic carbocycles. The summed E-state index contributed by atoms with van der Waals surface area (Å²) in [4.78, 5) is 14.0. The van der Waals surface area contributed by atoms with Crippen molar-refractivity contribution in [3.63, 3.8) is 0 Å². The number of hydrogen-bond donors (Lipinski definition) is 1. The van der Waals surface area contributed by atoms with Crippen molar-refractivity contribution < 1.29 is 14.3 Å². The second-order valence-corrected chi connectivity index (χ2v) is 4.59. The first-order chi connectivity index (χ1) is 9.58. The number of benzene rings is 1. The number of nitrogens with zero attached hydrogens (tertiary/aromatic N) is 1. The monoisotopic (exact) mass is 316 g/mol. The van der Waals surface area contributed by atoms with E-state index in [1.54, 1.807) is 18.2 Å². The molecule has 0 aliphatic rings. The number of hydrogen-bond acceptors (Lipinski definition) is 4. The first-order valence-corrected chi connectivity index (χ1v) is 6.91. The van der Waals surface area contributed by atoms with Crippen LogP contribution in [0, 0.1) is 0 Å². The van der Waals surface area contributed by atoms with Crippen LogP contribution in [0.25, 0.3) is 0 Å². The van der Waals surface area contributed by atoms with Gasteiger partial charge >= 0.3 is 0 Å². The van der Waals surface area contributed by atoms with Gasteiger partial charge in [-0.25, -0.2) is 0 Å². The third kappa shape index (κ3) is 6.69. The van der Waals surface area contributed by atoms with E-state index in [-0.39, 0.29) is 18.3 Å². The van der Waals surface area contributed by atoms with E-state index < -0.39 is 0 Å². The van der Waals surface area contributed by atoms with Crippen LogP contribution in [0.3, 0.4) is 0 Å². The minimum Gasteiger partial charge on any atom is -0.490 e. The average Bonchev–Trinajstić information content (AvgIpc) is 2.40. The molecule has 0 bridgehead atoms. The predicted octanol–water partition coefficient (Wildman–Crippen LogP) is 2.20. The van der Waals surface area contributed by atoms with Crippen LogP contribution in [-0.4, -0.2) is 51.2 Å². The van der Waals surface area contributed by atoms with E-state index in [1.807, 2.05) is 32.8 Å². The van der Waals surface area contributed by atoms with E-state index in [0.29, 0.717) is 36.8 Å². The minimum absolute atomic E-state index is 0. The maximum atomic E-state index is 12.0. The molecular formula is C15H25ClN2O3. The van der Waals surface area contributed by atoms with Gasteiger partial charge in [-0.3, -0.25) is 4.79 Å². The minimum atomic E-state index is -0.101. The lowest BCUT2D eigenvalue weighted by Gasteiger charge is -2.13. The molecule has 5 nitrogen and oxygen atoms in total. The fourth-order valence-corrected chi connectivity index (χ4v) is 1.69. The van der Waals surface area contributed by atoms with Crippen molar-refractivity contribution in [2.75, 3.05) is 40.4 Å². The lowest BCUT2D eigenvalue weighted by atomic mass is 10.2. The Hall–Kier alpha value is -1.46. The molecule has 120 valence electrons. The number of ether oxygens (including phenoxy) is 2. The summed E-state index contributed by atoms with van der Waals surface area (Å²) in [5, 5.41) is 2.87. The molecule has 6 heteroatoms. The zero-order chi connectivity index (χ0) is 15.0. The third-order valence-corrected chi connectivity index (χ3v) is 2.65. The van der Waals surface area contributed by atoms with Gasteiger partial charge in [0.25, 0.3) is 5.91 Å². The van der Waals surface area contributed by atoms with Gasteiger partial charge in [-0.15, -0.1) is 12.4 Å². The SMILES string of the molecule is CCOc1ccc(C(=O)NCCN(C)C)cc1OCC.Cl. The molecule has 0 radical (unpaired) electrons. The molecule has 0 aromatic heterocycles. The lowest BCUT2D eigenvalue weighted by molar-refractivity contribution is 0.0950. The van der Waals surface area contributed by atoms with Gasteiger partial charge < -0.3 is 19.7 Å². The van der Waals surface area contributed by atoms with Gasteiger partial charge in [-0.05, 0) is 46.1 Å². The Balaban J connectivity index is 0.00000400. The fraction of sp³-hybridized carbons (Fsp3) is 0.533. The highest BCUT2D eigenvalue weighted by Crippen LogP contribution is 2.28. The zero-order valence-corrected chi connectivity index (χ0v) is 14.0. The fourth-order valence-electron chi connectivity index (χ4n) is 1.69. The highest BCUT2D eigenvalue weighted by molar-refractivity contribution is 5.94. The summed E-state index contributed by atoms with van der Waals surface area (Å²) >= 11 is 0. The maximum absolute atomic E-state index is 12.0. The molecule has 1 rings (SSSR count). The number of rotatable bonds is 8. The van der Waals surface area contributed by atoms with Gasteiger partial charge in [-0.2, -0.15) is 0 Å². The van der Waals surface area contributed by atoms with Gasteiger partial charge in [-0.1, -0.05) is 0 Å². The largest absolute Gasteiger partial charge is 0.490 e. The average molecular weight is 317 g/mol. The van der Waals surface area contributed by atoms with Crippen molar-refractivity contribution in [2.45, 2.75) is 13.8 Å².